The summed E-state index contributed by atoms with van der Waals surface area (Å²) in [5, 5.41) is 23.4. The van der Waals surface area contributed by atoms with Crippen molar-refractivity contribution in [2.24, 2.45) is 5.41 Å². The number of aryl methyl sites for hydroxylation is 1. The number of rotatable bonds is 3. The van der Waals surface area contributed by atoms with Crippen LogP contribution in [0.3, 0.4) is 0 Å². The number of nitrogens with zero attached hydrogens (tertiary/aromatic N) is 2. The second kappa shape index (κ2) is 7.26. The van der Waals surface area contributed by atoms with Gasteiger partial charge in [-0.25, -0.2) is 0 Å². The zero-order valence-electron chi connectivity index (χ0n) is 19.7. The van der Waals surface area contributed by atoms with Gasteiger partial charge in [-0.3, -0.25) is 0 Å². The van der Waals surface area contributed by atoms with Gasteiger partial charge in [0, 0.05) is 22.3 Å². The van der Waals surface area contributed by atoms with Crippen molar-refractivity contribution < 1.29 is 5.11 Å². The molecule has 0 saturated heterocycles. The van der Waals surface area contributed by atoms with Crippen LogP contribution in [-0.2, 0) is 10.8 Å². The summed E-state index contributed by atoms with van der Waals surface area (Å²) in [6.07, 6.45) is 0.929. The van der Waals surface area contributed by atoms with Gasteiger partial charge in [-0.15, -0.1) is 0 Å². The van der Waals surface area contributed by atoms with Gasteiger partial charge >= 0.3 is 0 Å². The first-order valence-corrected chi connectivity index (χ1v) is 10.9. The summed E-state index contributed by atoms with van der Waals surface area (Å²) in [6.45, 7) is 19.5. The van der Waals surface area contributed by atoms with E-state index in [9.17, 15) is 5.11 Å². The Labute approximate surface area is 185 Å². The lowest BCUT2D eigenvalue weighted by Gasteiger charge is -2.34. The first-order chi connectivity index (χ1) is 13.6. The smallest absolute Gasteiger partial charge is 0.127 e. The Bertz CT molecular complexity index is 1100. The van der Waals surface area contributed by atoms with Crippen LogP contribution in [0.5, 0.6) is 5.75 Å². The van der Waals surface area contributed by atoms with Crippen molar-refractivity contribution in [3.05, 3.63) is 39.9 Å². The van der Waals surface area contributed by atoms with Gasteiger partial charge in [0.15, 0.2) is 0 Å². The van der Waals surface area contributed by atoms with Crippen molar-refractivity contribution in [2.75, 3.05) is 0 Å². The summed E-state index contributed by atoms with van der Waals surface area (Å²) < 4.78 is 0. The van der Waals surface area contributed by atoms with Crippen molar-refractivity contribution in [1.82, 2.24) is 15.4 Å². The highest BCUT2D eigenvalue weighted by molar-refractivity contribution is 6.35. The molecule has 1 heterocycles. The number of aromatic amines is 1. The Morgan fingerprint density at radius 3 is 2.13 bits per heavy atom. The summed E-state index contributed by atoms with van der Waals surface area (Å²) in [5.74, 6) is 0.275. The molecule has 1 aromatic heterocycles. The fourth-order valence-electron chi connectivity index (χ4n) is 4.75. The molecular weight excluding hydrogens is 394 g/mol. The summed E-state index contributed by atoms with van der Waals surface area (Å²) >= 11 is 7.09. The second-order valence-corrected chi connectivity index (χ2v) is 11.8. The highest BCUT2D eigenvalue weighted by Gasteiger charge is 2.34. The van der Waals surface area contributed by atoms with Gasteiger partial charge in [-0.1, -0.05) is 73.1 Å². The summed E-state index contributed by atoms with van der Waals surface area (Å²) in [6, 6.07) is 5.98. The maximum Gasteiger partial charge on any atom is 0.127 e. The largest absolute Gasteiger partial charge is 0.507 e. The molecule has 4 nitrogen and oxygen atoms in total. The van der Waals surface area contributed by atoms with Crippen molar-refractivity contribution in [2.45, 2.75) is 79.6 Å². The minimum atomic E-state index is -0.229. The minimum absolute atomic E-state index is 0.115. The van der Waals surface area contributed by atoms with Crippen LogP contribution in [0.15, 0.2) is 18.2 Å². The molecule has 2 N–H and O–H groups in total. The van der Waals surface area contributed by atoms with Crippen LogP contribution in [0.4, 0.5) is 0 Å². The van der Waals surface area contributed by atoms with Gasteiger partial charge < -0.3 is 5.11 Å². The van der Waals surface area contributed by atoms with Crippen LogP contribution in [0, 0.1) is 12.3 Å². The molecule has 0 aliphatic rings. The van der Waals surface area contributed by atoms with E-state index in [1.165, 1.54) is 0 Å². The second-order valence-electron chi connectivity index (χ2n) is 11.4. The van der Waals surface area contributed by atoms with Crippen LogP contribution in [0.2, 0.25) is 5.02 Å². The lowest BCUT2D eigenvalue weighted by molar-refractivity contribution is 0.285. The summed E-state index contributed by atoms with van der Waals surface area (Å²) in [4.78, 5) is 0. The standard InChI is InChI=1S/C25H34ClN3O/c1-14-10-16(22(30)17(11-14)24(5,6)7)15-12-18-21(28-29-27-18)19(20(15)26)25(8,9)13-23(2,3)4/h10-12,30H,13H2,1-9H3,(H,27,28,29). The Morgan fingerprint density at radius 2 is 1.57 bits per heavy atom. The third-order valence-electron chi connectivity index (χ3n) is 5.55. The molecule has 0 radical (unpaired) electrons. The van der Waals surface area contributed by atoms with Crippen molar-refractivity contribution in [3.63, 3.8) is 0 Å². The first kappa shape index (κ1) is 22.6. The van der Waals surface area contributed by atoms with Crippen LogP contribution < -0.4 is 0 Å². The predicted molar refractivity (Wildman–Crippen MR) is 127 cm³/mol. The SMILES string of the molecule is Cc1cc(-c2cc3n[nH]nc3c(C(C)(C)CC(C)(C)C)c2Cl)c(O)c(C(C)(C)C)c1. The van der Waals surface area contributed by atoms with E-state index in [0.29, 0.717) is 5.02 Å². The predicted octanol–water partition coefficient (Wildman–Crippen LogP) is 7.30. The van der Waals surface area contributed by atoms with Gasteiger partial charge in [0.1, 0.15) is 16.8 Å². The molecule has 0 fully saturated rings. The van der Waals surface area contributed by atoms with E-state index in [4.69, 9.17) is 11.6 Å². The number of fused-ring (bicyclic) bond motifs is 1. The molecule has 0 bridgehead atoms. The maximum absolute atomic E-state index is 11.2. The monoisotopic (exact) mass is 427 g/mol. The Kier molecular flexibility index (Phi) is 5.47. The first-order valence-electron chi connectivity index (χ1n) is 10.5. The molecule has 0 spiro atoms. The summed E-state index contributed by atoms with van der Waals surface area (Å²) in [7, 11) is 0. The average molecular weight is 428 g/mol. The molecule has 162 valence electrons. The summed E-state index contributed by atoms with van der Waals surface area (Å²) in [5.41, 5.74) is 5.73. The normalized spacial score (nSPS) is 13.3. The van der Waals surface area contributed by atoms with Gasteiger partial charge in [-0.2, -0.15) is 15.4 Å². The number of benzene rings is 2. The molecule has 0 aliphatic carbocycles. The van der Waals surface area contributed by atoms with Crippen LogP contribution >= 0.6 is 11.6 Å². The fraction of sp³-hybridized carbons (Fsp3) is 0.520. The van der Waals surface area contributed by atoms with E-state index >= 15 is 0 Å². The molecule has 5 heteroatoms. The fourth-order valence-corrected chi connectivity index (χ4v) is 5.25. The van der Waals surface area contributed by atoms with Crippen LogP contribution in [0.1, 0.15) is 78.5 Å². The Morgan fingerprint density at radius 1 is 0.933 bits per heavy atom. The van der Waals surface area contributed by atoms with Gasteiger partial charge in [0.05, 0.1) is 5.02 Å². The van der Waals surface area contributed by atoms with Crippen molar-refractivity contribution >= 4 is 22.6 Å². The Balaban J connectivity index is 2.36. The number of halogens is 1. The lowest BCUT2D eigenvalue weighted by atomic mass is 9.71. The molecule has 0 saturated carbocycles. The number of phenolic OH excluding ortho intramolecular Hbond substituents is 1. The number of aromatic nitrogens is 3. The van der Waals surface area contributed by atoms with Gasteiger partial charge in [0.2, 0.25) is 0 Å². The van der Waals surface area contributed by atoms with E-state index in [1.807, 2.05) is 25.1 Å². The van der Waals surface area contributed by atoms with E-state index in [0.717, 1.165) is 45.3 Å². The van der Waals surface area contributed by atoms with Crippen LogP contribution in [0.25, 0.3) is 22.2 Å². The number of hydrogen-bond donors (Lipinski definition) is 2. The average Bonchev–Trinajstić information content (AvgIpc) is 3.00. The molecule has 0 unspecified atom stereocenters. The van der Waals surface area contributed by atoms with E-state index in [2.05, 4.69) is 70.8 Å². The number of aromatic hydroxyl groups is 1. The van der Waals surface area contributed by atoms with Crippen molar-refractivity contribution in [3.8, 4) is 16.9 Å². The van der Waals surface area contributed by atoms with Gasteiger partial charge in [0.25, 0.3) is 0 Å². The number of H-pyrrole nitrogens is 1. The van der Waals surface area contributed by atoms with E-state index in [-0.39, 0.29) is 22.0 Å². The molecule has 30 heavy (non-hydrogen) atoms. The highest BCUT2D eigenvalue weighted by Crippen LogP contribution is 2.48. The van der Waals surface area contributed by atoms with Crippen LogP contribution in [-0.4, -0.2) is 20.5 Å². The zero-order chi connectivity index (χ0) is 22.6. The molecule has 0 amide bonds. The van der Waals surface area contributed by atoms with Gasteiger partial charge in [-0.05, 0) is 47.3 Å². The van der Waals surface area contributed by atoms with Crippen molar-refractivity contribution in [1.29, 1.82) is 0 Å². The third kappa shape index (κ3) is 4.20. The molecular formula is C25H34ClN3O. The quantitative estimate of drug-likeness (QED) is 0.460. The highest BCUT2D eigenvalue weighted by atomic mass is 35.5. The number of phenols is 1. The molecule has 0 atom stereocenters. The van der Waals surface area contributed by atoms with E-state index < -0.39 is 0 Å². The minimum Gasteiger partial charge on any atom is -0.507 e. The van der Waals surface area contributed by atoms with E-state index in [1.54, 1.807) is 0 Å². The molecule has 3 rings (SSSR count). The molecule has 0 aliphatic heterocycles. The third-order valence-corrected chi connectivity index (χ3v) is 5.94. The topological polar surface area (TPSA) is 61.8 Å². The number of hydrogen-bond acceptors (Lipinski definition) is 3. The molecule has 2 aromatic carbocycles. The zero-order valence-corrected chi connectivity index (χ0v) is 20.4. The lowest BCUT2D eigenvalue weighted by Crippen LogP contribution is -2.25. The molecule has 3 aromatic rings. The number of nitrogens with one attached hydrogen (secondary N) is 1. The Hall–Kier alpha value is -2.07. The maximum atomic E-state index is 11.2.